The van der Waals surface area contributed by atoms with E-state index in [0.717, 1.165) is 42.0 Å². The topological polar surface area (TPSA) is 67.2 Å². The first-order chi connectivity index (χ1) is 16.0. The summed E-state index contributed by atoms with van der Waals surface area (Å²) in [5, 5.41) is 2.98. The molecule has 1 N–H and O–H groups in total. The highest BCUT2D eigenvalue weighted by Crippen LogP contribution is 2.20. The number of rotatable bonds is 7. The Kier molecular flexibility index (Phi) is 7.04. The Morgan fingerprint density at radius 2 is 1.82 bits per heavy atom. The van der Waals surface area contributed by atoms with Gasteiger partial charge in [-0.05, 0) is 30.0 Å². The molecule has 2 aromatic carbocycles. The van der Waals surface area contributed by atoms with Crippen molar-refractivity contribution in [1.82, 2.24) is 14.5 Å². The Labute approximate surface area is 195 Å². The fourth-order valence-corrected chi connectivity index (χ4v) is 4.45. The third-order valence-electron chi connectivity index (χ3n) is 6.17. The molecule has 33 heavy (non-hydrogen) atoms. The molecule has 0 atom stereocenters. The Hall–Kier alpha value is -3.25. The molecule has 0 radical (unpaired) electrons. The van der Waals surface area contributed by atoms with Gasteiger partial charge in [0.25, 0.3) is 5.56 Å². The van der Waals surface area contributed by atoms with Crippen LogP contribution in [-0.4, -0.2) is 26.9 Å². The van der Waals surface area contributed by atoms with Gasteiger partial charge in [-0.3, -0.25) is 19.1 Å². The van der Waals surface area contributed by atoms with Crippen LogP contribution in [0.5, 0.6) is 0 Å². The molecule has 1 aliphatic heterocycles. The van der Waals surface area contributed by atoms with Crippen molar-refractivity contribution in [2.75, 3.05) is 11.9 Å². The number of benzene rings is 2. The second-order valence-corrected chi connectivity index (χ2v) is 8.95. The molecule has 0 fully saturated rings. The molecule has 6 nitrogen and oxygen atoms in total. The van der Waals surface area contributed by atoms with E-state index in [1.165, 1.54) is 5.56 Å². The zero-order valence-corrected chi connectivity index (χ0v) is 19.7. The van der Waals surface area contributed by atoms with Gasteiger partial charge in [0.2, 0.25) is 5.91 Å². The third kappa shape index (κ3) is 5.22. The highest BCUT2D eigenvalue weighted by atomic mass is 16.2. The summed E-state index contributed by atoms with van der Waals surface area (Å²) in [5.41, 5.74) is 4.63. The van der Waals surface area contributed by atoms with Crippen molar-refractivity contribution < 1.29 is 4.79 Å². The van der Waals surface area contributed by atoms with Crippen molar-refractivity contribution in [3.63, 3.8) is 0 Å². The van der Waals surface area contributed by atoms with Crippen LogP contribution >= 0.6 is 0 Å². The van der Waals surface area contributed by atoms with Gasteiger partial charge in [0.05, 0.1) is 5.69 Å². The monoisotopic (exact) mass is 444 g/mol. The summed E-state index contributed by atoms with van der Waals surface area (Å²) >= 11 is 0. The van der Waals surface area contributed by atoms with Gasteiger partial charge in [-0.15, -0.1) is 0 Å². The maximum Gasteiger partial charge on any atom is 0.257 e. The number of amides is 1. The predicted octanol–water partition coefficient (Wildman–Crippen LogP) is 4.13. The van der Waals surface area contributed by atoms with E-state index in [2.05, 4.69) is 29.3 Å². The van der Waals surface area contributed by atoms with Crippen molar-refractivity contribution in [1.29, 1.82) is 0 Å². The second kappa shape index (κ2) is 10.1. The third-order valence-corrected chi connectivity index (χ3v) is 6.17. The summed E-state index contributed by atoms with van der Waals surface area (Å²) in [6.45, 7) is 8.34. The molecule has 172 valence electrons. The van der Waals surface area contributed by atoms with E-state index in [1.807, 2.05) is 56.3 Å². The minimum absolute atomic E-state index is 0.0294. The lowest BCUT2D eigenvalue weighted by atomic mass is 10.0. The Morgan fingerprint density at radius 1 is 1.09 bits per heavy atom. The van der Waals surface area contributed by atoms with Gasteiger partial charge in [0.15, 0.2) is 0 Å². The summed E-state index contributed by atoms with van der Waals surface area (Å²) < 4.78 is 1.57. The van der Waals surface area contributed by atoms with E-state index >= 15 is 0 Å². The fraction of sp³-hybridized carbons (Fsp3) is 0.370. The molecular weight excluding hydrogens is 412 g/mol. The van der Waals surface area contributed by atoms with Crippen LogP contribution in [0.1, 0.15) is 54.9 Å². The number of para-hydroxylation sites is 1. The predicted molar refractivity (Wildman–Crippen MR) is 131 cm³/mol. The zero-order chi connectivity index (χ0) is 23.4. The Balaban J connectivity index is 1.57. The van der Waals surface area contributed by atoms with Crippen LogP contribution in [0.25, 0.3) is 0 Å². The van der Waals surface area contributed by atoms with Gasteiger partial charge >= 0.3 is 0 Å². The lowest BCUT2D eigenvalue weighted by molar-refractivity contribution is -0.116. The number of aryl methyl sites for hydroxylation is 1. The molecule has 0 spiro atoms. The second-order valence-electron chi connectivity index (χ2n) is 8.95. The molecule has 3 aromatic rings. The molecule has 0 saturated heterocycles. The number of hydrogen-bond donors (Lipinski definition) is 1. The van der Waals surface area contributed by atoms with Gasteiger partial charge in [0.1, 0.15) is 12.4 Å². The summed E-state index contributed by atoms with van der Waals surface area (Å²) in [5.74, 6) is 0.491. The number of fused-ring (bicyclic) bond motifs is 1. The zero-order valence-electron chi connectivity index (χ0n) is 19.7. The fourth-order valence-electron chi connectivity index (χ4n) is 4.45. The van der Waals surface area contributed by atoms with Crippen molar-refractivity contribution in [3.8, 4) is 0 Å². The highest BCUT2D eigenvalue weighted by Gasteiger charge is 2.25. The Morgan fingerprint density at radius 3 is 2.55 bits per heavy atom. The van der Waals surface area contributed by atoms with Crippen molar-refractivity contribution in [2.24, 2.45) is 0 Å². The van der Waals surface area contributed by atoms with E-state index in [1.54, 1.807) is 4.57 Å². The van der Waals surface area contributed by atoms with Crippen molar-refractivity contribution >= 4 is 11.6 Å². The highest BCUT2D eigenvalue weighted by molar-refractivity contribution is 5.91. The van der Waals surface area contributed by atoms with Gasteiger partial charge in [0, 0.05) is 36.8 Å². The van der Waals surface area contributed by atoms with Crippen LogP contribution in [0.3, 0.4) is 0 Å². The van der Waals surface area contributed by atoms with E-state index in [-0.39, 0.29) is 23.9 Å². The summed E-state index contributed by atoms with van der Waals surface area (Å²) in [4.78, 5) is 33.6. The maximum absolute atomic E-state index is 13.4. The molecule has 1 amide bonds. The van der Waals surface area contributed by atoms with Crippen LogP contribution in [-0.2, 0) is 37.3 Å². The molecule has 4 rings (SSSR count). The molecule has 0 aliphatic carbocycles. The molecule has 0 unspecified atom stereocenters. The van der Waals surface area contributed by atoms with Gasteiger partial charge in [-0.1, -0.05) is 69.3 Å². The summed E-state index contributed by atoms with van der Waals surface area (Å²) in [7, 11) is 0. The molecule has 6 heteroatoms. The van der Waals surface area contributed by atoms with Crippen LogP contribution in [0.15, 0.2) is 59.4 Å². The summed E-state index contributed by atoms with van der Waals surface area (Å²) in [6.07, 6.45) is 1.47. The number of nitrogens with one attached hydrogen (secondary N) is 1. The normalized spacial score (nSPS) is 13.7. The number of anilines is 1. The van der Waals surface area contributed by atoms with Crippen molar-refractivity contribution in [2.45, 2.75) is 59.2 Å². The number of nitrogens with zero attached hydrogens (tertiary/aromatic N) is 3. The molecule has 1 aliphatic rings. The first kappa shape index (κ1) is 22.9. The smallest absolute Gasteiger partial charge is 0.257 e. The largest absolute Gasteiger partial charge is 0.324 e. The molecule has 0 saturated carbocycles. The van der Waals surface area contributed by atoms with E-state index in [0.29, 0.717) is 18.8 Å². The summed E-state index contributed by atoms with van der Waals surface area (Å²) in [6, 6.07) is 18.1. The molecular formula is C27H32N4O2. The first-order valence-corrected chi connectivity index (χ1v) is 11.7. The van der Waals surface area contributed by atoms with Gasteiger partial charge in [-0.2, -0.15) is 0 Å². The van der Waals surface area contributed by atoms with Crippen molar-refractivity contribution in [3.05, 3.63) is 93.2 Å². The lowest BCUT2D eigenvalue weighted by Crippen LogP contribution is -2.40. The lowest BCUT2D eigenvalue weighted by Gasteiger charge is -2.29. The van der Waals surface area contributed by atoms with Crippen LogP contribution in [0.4, 0.5) is 5.69 Å². The molecule has 0 bridgehead atoms. The van der Waals surface area contributed by atoms with E-state index in [4.69, 9.17) is 4.98 Å². The average molecular weight is 445 g/mol. The van der Waals surface area contributed by atoms with Crippen LogP contribution in [0.2, 0.25) is 0 Å². The molecule has 1 aromatic heterocycles. The quantitative estimate of drug-likeness (QED) is 0.595. The van der Waals surface area contributed by atoms with Gasteiger partial charge in [-0.25, -0.2) is 4.98 Å². The van der Waals surface area contributed by atoms with Crippen LogP contribution in [0, 0.1) is 0 Å². The minimum atomic E-state index is -0.205. The number of hydrogen-bond acceptors (Lipinski definition) is 4. The van der Waals surface area contributed by atoms with E-state index < -0.39 is 0 Å². The SMILES string of the molecule is CCc1ccccc1NC(=O)Cn1c(C(C)C)nc2c(c1=O)CCN(Cc1ccccc1)C2. The minimum Gasteiger partial charge on any atom is -0.324 e. The maximum atomic E-state index is 13.4. The Bertz CT molecular complexity index is 1180. The standard InChI is InChI=1S/C27H32N4O2/c1-4-21-12-8-9-13-23(21)28-25(32)18-31-26(19(2)3)29-24-17-30(15-14-22(24)27(31)33)16-20-10-6-5-7-11-20/h5-13,19H,4,14-18H2,1-3H3,(H,28,32). The van der Waals surface area contributed by atoms with Crippen LogP contribution < -0.4 is 10.9 Å². The number of carbonyl (C=O) groups is 1. The number of aromatic nitrogens is 2. The van der Waals surface area contributed by atoms with E-state index in [9.17, 15) is 9.59 Å². The average Bonchev–Trinajstić information content (AvgIpc) is 2.81. The molecule has 2 heterocycles. The number of carbonyl (C=O) groups excluding carboxylic acids is 1. The first-order valence-electron chi connectivity index (χ1n) is 11.7. The van der Waals surface area contributed by atoms with Gasteiger partial charge < -0.3 is 5.32 Å².